The zero-order chi connectivity index (χ0) is 18.0. The first-order valence-corrected chi connectivity index (χ1v) is 7.81. The summed E-state index contributed by atoms with van der Waals surface area (Å²) in [6, 6.07) is 10.6. The molecule has 128 valence electrons. The fourth-order valence-electron chi connectivity index (χ4n) is 2.47. The molecule has 25 heavy (non-hydrogen) atoms. The average molecular weight is 337 g/mol. The second kappa shape index (κ2) is 6.72. The van der Waals surface area contributed by atoms with Gasteiger partial charge in [0.05, 0.1) is 12.8 Å². The number of carbonyl (C=O) groups excluding carboxylic acids is 1. The zero-order valence-electron chi connectivity index (χ0n) is 14.6. The predicted octanol–water partition coefficient (Wildman–Crippen LogP) is 2.85. The standard InChI is InChI=1S/C18H19N5O2/c1-11-9-12(2)20-18(19-11)23-16(10-13(3)22-23)21-17(24)14-5-7-15(25-4)8-6-14/h5-10H,1-4H3,(H,21,24). The van der Waals surface area contributed by atoms with Gasteiger partial charge in [-0.1, -0.05) is 0 Å². The molecule has 0 atom stereocenters. The number of nitrogens with zero attached hydrogens (tertiary/aromatic N) is 4. The molecular weight excluding hydrogens is 318 g/mol. The van der Waals surface area contributed by atoms with E-state index in [9.17, 15) is 4.79 Å². The highest BCUT2D eigenvalue weighted by Crippen LogP contribution is 2.17. The van der Waals surface area contributed by atoms with Crippen molar-refractivity contribution >= 4 is 11.7 Å². The number of methoxy groups -OCH3 is 1. The Bertz CT molecular complexity index is 895. The molecule has 3 rings (SSSR count). The Morgan fingerprint density at radius 3 is 2.24 bits per heavy atom. The fraction of sp³-hybridized carbons (Fsp3) is 0.222. The Hall–Kier alpha value is -3.22. The third-order valence-corrected chi connectivity index (χ3v) is 3.59. The maximum Gasteiger partial charge on any atom is 0.256 e. The minimum Gasteiger partial charge on any atom is -0.497 e. The molecule has 0 aliphatic rings. The first-order chi connectivity index (χ1) is 12.0. The normalized spacial score (nSPS) is 10.6. The largest absolute Gasteiger partial charge is 0.497 e. The number of ether oxygens (including phenoxy) is 1. The van der Waals surface area contributed by atoms with Gasteiger partial charge in [-0.15, -0.1) is 0 Å². The monoisotopic (exact) mass is 337 g/mol. The third kappa shape index (κ3) is 3.65. The number of aromatic nitrogens is 4. The highest BCUT2D eigenvalue weighted by Gasteiger charge is 2.14. The average Bonchev–Trinajstić information content (AvgIpc) is 2.94. The molecule has 1 amide bonds. The summed E-state index contributed by atoms with van der Waals surface area (Å²) < 4.78 is 6.65. The van der Waals surface area contributed by atoms with E-state index in [-0.39, 0.29) is 5.91 Å². The van der Waals surface area contributed by atoms with Crippen molar-refractivity contribution in [3.63, 3.8) is 0 Å². The third-order valence-electron chi connectivity index (χ3n) is 3.59. The Morgan fingerprint density at radius 1 is 1.00 bits per heavy atom. The van der Waals surface area contributed by atoms with Crippen LogP contribution in [0.25, 0.3) is 5.95 Å². The molecule has 2 aromatic heterocycles. The van der Waals surface area contributed by atoms with Gasteiger partial charge in [-0.3, -0.25) is 4.79 Å². The number of hydrogen-bond acceptors (Lipinski definition) is 5. The van der Waals surface area contributed by atoms with Crippen molar-refractivity contribution in [3.05, 3.63) is 59.0 Å². The molecule has 2 heterocycles. The Balaban J connectivity index is 1.91. The molecule has 0 saturated heterocycles. The van der Waals surface area contributed by atoms with Crippen LogP contribution in [0, 0.1) is 20.8 Å². The molecular formula is C18H19N5O2. The van der Waals surface area contributed by atoms with Gasteiger partial charge in [-0.05, 0) is 51.1 Å². The lowest BCUT2D eigenvalue weighted by Gasteiger charge is -2.09. The molecule has 0 bridgehead atoms. The van der Waals surface area contributed by atoms with Gasteiger partial charge in [-0.2, -0.15) is 9.78 Å². The van der Waals surface area contributed by atoms with Gasteiger partial charge in [0, 0.05) is 23.0 Å². The van der Waals surface area contributed by atoms with Crippen molar-refractivity contribution in [2.45, 2.75) is 20.8 Å². The van der Waals surface area contributed by atoms with E-state index in [1.807, 2.05) is 26.8 Å². The smallest absolute Gasteiger partial charge is 0.256 e. The van der Waals surface area contributed by atoms with Crippen LogP contribution in [0.1, 0.15) is 27.4 Å². The first-order valence-electron chi connectivity index (χ1n) is 7.81. The second-order valence-corrected chi connectivity index (χ2v) is 5.72. The van der Waals surface area contributed by atoms with Crippen molar-refractivity contribution < 1.29 is 9.53 Å². The van der Waals surface area contributed by atoms with Gasteiger partial charge < -0.3 is 10.1 Å². The lowest BCUT2D eigenvalue weighted by molar-refractivity contribution is 0.102. The van der Waals surface area contributed by atoms with Gasteiger partial charge in [0.25, 0.3) is 11.9 Å². The van der Waals surface area contributed by atoms with Crippen molar-refractivity contribution in [3.8, 4) is 11.7 Å². The molecule has 0 aliphatic heterocycles. The summed E-state index contributed by atoms with van der Waals surface area (Å²) >= 11 is 0. The number of benzene rings is 1. The molecule has 1 aromatic carbocycles. The van der Waals surface area contributed by atoms with Crippen LogP contribution in [-0.2, 0) is 0 Å². The molecule has 0 saturated carbocycles. The van der Waals surface area contributed by atoms with Crippen molar-refractivity contribution in [1.29, 1.82) is 0 Å². The summed E-state index contributed by atoms with van der Waals surface area (Å²) in [7, 11) is 1.58. The molecule has 0 unspecified atom stereocenters. The summed E-state index contributed by atoms with van der Waals surface area (Å²) in [5.41, 5.74) is 2.95. The number of anilines is 1. The highest BCUT2D eigenvalue weighted by molar-refractivity contribution is 6.04. The summed E-state index contributed by atoms with van der Waals surface area (Å²) in [6.45, 7) is 5.64. The van der Waals surface area contributed by atoms with Crippen molar-refractivity contribution in [1.82, 2.24) is 19.7 Å². The van der Waals surface area contributed by atoms with Crippen LogP contribution in [0.15, 0.2) is 36.4 Å². The van der Waals surface area contributed by atoms with E-state index in [2.05, 4.69) is 20.4 Å². The maximum absolute atomic E-state index is 12.5. The number of aryl methyl sites for hydroxylation is 3. The lowest BCUT2D eigenvalue weighted by atomic mass is 10.2. The predicted molar refractivity (Wildman–Crippen MR) is 94.3 cm³/mol. The molecule has 1 N–H and O–H groups in total. The van der Waals surface area contributed by atoms with Crippen molar-refractivity contribution in [2.75, 3.05) is 12.4 Å². The van der Waals surface area contributed by atoms with E-state index in [1.54, 1.807) is 37.4 Å². The molecule has 7 heteroatoms. The number of carbonyl (C=O) groups is 1. The Kier molecular flexibility index (Phi) is 4.47. The quantitative estimate of drug-likeness (QED) is 0.791. The van der Waals surface area contributed by atoms with Crippen molar-refractivity contribution in [2.24, 2.45) is 0 Å². The number of nitrogens with one attached hydrogen (secondary N) is 1. The first kappa shape index (κ1) is 16.6. The van der Waals surface area contributed by atoms with Gasteiger partial charge in [0.15, 0.2) is 0 Å². The maximum atomic E-state index is 12.5. The molecule has 0 fully saturated rings. The zero-order valence-corrected chi connectivity index (χ0v) is 14.6. The number of rotatable bonds is 4. The fourth-order valence-corrected chi connectivity index (χ4v) is 2.47. The number of amides is 1. The molecule has 0 spiro atoms. The van der Waals surface area contributed by atoms with Gasteiger partial charge >= 0.3 is 0 Å². The Labute approximate surface area is 145 Å². The van der Waals surface area contributed by atoms with Crippen LogP contribution >= 0.6 is 0 Å². The van der Waals surface area contributed by atoms with E-state index in [0.717, 1.165) is 17.1 Å². The molecule has 0 radical (unpaired) electrons. The minimum atomic E-state index is -0.242. The molecule has 3 aromatic rings. The minimum absolute atomic E-state index is 0.242. The summed E-state index contributed by atoms with van der Waals surface area (Å²) in [5, 5.41) is 7.26. The molecule has 0 aliphatic carbocycles. The van der Waals surface area contributed by atoms with Crippen LogP contribution in [0.4, 0.5) is 5.82 Å². The van der Waals surface area contributed by atoms with Crippen LogP contribution in [0.5, 0.6) is 5.75 Å². The molecule has 7 nitrogen and oxygen atoms in total. The van der Waals surface area contributed by atoms with Crippen LogP contribution in [-0.4, -0.2) is 32.8 Å². The SMILES string of the molecule is COc1ccc(C(=O)Nc2cc(C)nn2-c2nc(C)cc(C)n2)cc1. The van der Waals surface area contributed by atoms with E-state index >= 15 is 0 Å². The van der Waals surface area contributed by atoms with E-state index in [4.69, 9.17) is 4.74 Å². The Morgan fingerprint density at radius 2 is 1.64 bits per heavy atom. The number of hydrogen-bond donors (Lipinski definition) is 1. The summed E-state index contributed by atoms with van der Waals surface area (Å²) in [6.07, 6.45) is 0. The van der Waals surface area contributed by atoms with Gasteiger partial charge in [0.1, 0.15) is 11.6 Å². The van der Waals surface area contributed by atoms with Crippen LogP contribution in [0.3, 0.4) is 0 Å². The second-order valence-electron chi connectivity index (χ2n) is 5.72. The highest BCUT2D eigenvalue weighted by atomic mass is 16.5. The topological polar surface area (TPSA) is 81.9 Å². The summed E-state index contributed by atoms with van der Waals surface area (Å²) in [5.74, 6) is 1.40. The van der Waals surface area contributed by atoms with E-state index < -0.39 is 0 Å². The lowest BCUT2D eigenvalue weighted by Crippen LogP contribution is -2.16. The van der Waals surface area contributed by atoms with Crippen LogP contribution < -0.4 is 10.1 Å². The van der Waals surface area contributed by atoms with E-state index in [1.165, 1.54) is 4.68 Å². The van der Waals surface area contributed by atoms with Gasteiger partial charge in [0.2, 0.25) is 0 Å². The summed E-state index contributed by atoms with van der Waals surface area (Å²) in [4.78, 5) is 21.3. The van der Waals surface area contributed by atoms with Crippen LogP contribution in [0.2, 0.25) is 0 Å². The van der Waals surface area contributed by atoms with E-state index in [0.29, 0.717) is 23.1 Å². The van der Waals surface area contributed by atoms with Gasteiger partial charge in [-0.25, -0.2) is 9.97 Å².